The van der Waals surface area contributed by atoms with Gasteiger partial charge >= 0.3 is 0 Å². The average Bonchev–Trinajstić information content (AvgIpc) is 4.53. The van der Waals surface area contributed by atoms with Crippen molar-refractivity contribution in [3.05, 3.63) is 194 Å². The number of fused-ring (bicyclic) bond motifs is 40. The van der Waals surface area contributed by atoms with Crippen molar-refractivity contribution in [3.8, 4) is 91.1 Å². The van der Waals surface area contributed by atoms with E-state index in [-0.39, 0.29) is 36.9 Å². The molecule has 4 aliphatic rings. The van der Waals surface area contributed by atoms with Crippen molar-refractivity contribution in [1.29, 1.82) is 0 Å². The number of aromatic amines is 4. The van der Waals surface area contributed by atoms with E-state index >= 15 is 0 Å². The van der Waals surface area contributed by atoms with Crippen molar-refractivity contribution in [2.24, 2.45) is 0 Å². The zero-order valence-corrected chi connectivity index (χ0v) is 43.9. The molecule has 4 aliphatic heterocycles. The minimum absolute atomic E-state index is 0. The van der Waals surface area contributed by atoms with Crippen LogP contribution in [0.5, 0.6) is 0 Å². The van der Waals surface area contributed by atoms with Crippen LogP contribution >= 0.6 is 0 Å². The van der Waals surface area contributed by atoms with Crippen LogP contribution in [0.1, 0.15) is 0 Å². The molecule has 17 heteroatoms. The zero-order chi connectivity index (χ0) is 52.4. The van der Waals surface area contributed by atoms with Crippen molar-refractivity contribution in [1.82, 2.24) is 79.7 Å². The molecule has 0 atom stereocenters. The van der Waals surface area contributed by atoms with Gasteiger partial charge in [0.25, 0.3) is 0 Å². The summed E-state index contributed by atoms with van der Waals surface area (Å²) in [5.41, 5.74) is 12.9. The molecule has 0 saturated carbocycles. The molecule has 1 radical (unpaired) electrons. The Kier molecular flexibility index (Phi) is 10.6. The van der Waals surface area contributed by atoms with Crippen LogP contribution in [-0.4, -0.2) is 79.7 Å². The van der Waals surface area contributed by atoms with Crippen LogP contribution < -0.4 is 0 Å². The summed E-state index contributed by atoms with van der Waals surface area (Å²) in [7, 11) is 0. The molecule has 0 unspecified atom stereocenters. The Morgan fingerprint density at radius 3 is 0.420 bits per heavy atom. The number of aromatic nitrogens is 16. The first kappa shape index (κ1) is 46.8. The summed E-state index contributed by atoms with van der Waals surface area (Å²) in [5.74, 6) is 4.78. The van der Waals surface area contributed by atoms with Gasteiger partial charge in [-0.1, -0.05) is 194 Å². The van der Waals surface area contributed by atoms with E-state index in [2.05, 4.69) is 19.9 Å². The molecule has 4 N–H and O–H groups in total. The molecule has 0 saturated heterocycles. The van der Waals surface area contributed by atoms with Gasteiger partial charge in [0.1, 0.15) is 45.2 Å². The maximum Gasteiger partial charge on any atom is 0.164 e. The van der Waals surface area contributed by atoms with Crippen molar-refractivity contribution in [3.63, 3.8) is 0 Å². The van der Waals surface area contributed by atoms with Crippen LogP contribution in [0.4, 0.5) is 0 Å². The van der Waals surface area contributed by atoms with Crippen LogP contribution in [0.3, 0.4) is 0 Å². The molecular formula is C64H36N16Tm. The van der Waals surface area contributed by atoms with Gasteiger partial charge in [-0.3, -0.25) is 0 Å². The van der Waals surface area contributed by atoms with Crippen molar-refractivity contribution in [2.45, 2.75) is 0 Å². The van der Waals surface area contributed by atoms with Gasteiger partial charge in [0.15, 0.2) is 46.6 Å². The first-order valence-electron chi connectivity index (χ1n) is 26.0. The summed E-state index contributed by atoms with van der Waals surface area (Å²) in [5, 5.41) is 7.64. The van der Waals surface area contributed by atoms with E-state index in [4.69, 9.17) is 59.8 Å². The molecule has 18 rings (SSSR count). The molecule has 81 heavy (non-hydrogen) atoms. The monoisotopic (exact) mass is 1200 g/mol. The largest absolute Gasteiger partial charge is 0.324 e. The first-order chi connectivity index (χ1) is 39.6. The molecule has 16 bridgehead atoms. The summed E-state index contributed by atoms with van der Waals surface area (Å²) >= 11 is 0. The fourth-order valence-electron chi connectivity index (χ4n) is 11.2. The predicted octanol–water partition coefficient (Wildman–Crippen LogP) is 13.7. The molecule has 14 aromatic rings. The van der Waals surface area contributed by atoms with Crippen molar-refractivity contribution >= 4 is 88.3 Å². The summed E-state index contributed by atoms with van der Waals surface area (Å²) in [4.78, 5) is 73.5. The maximum atomic E-state index is 5.02. The zero-order valence-electron chi connectivity index (χ0n) is 42.1. The molecule has 8 aromatic carbocycles. The number of nitrogens with zero attached hydrogens (tertiary/aromatic N) is 12. The number of H-pyrrole nitrogens is 4. The fourth-order valence-corrected chi connectivity index (χ4v) is 11.2. The molecule has 6 aromatic heterocycles. The molecule has 0 fully saturated rings. The Morgan fingerprint density at radius 2 is 0.284 bits per heavy atom. The molecular weight excluding hydrogens is 1160 g/mol. The van der Waals surface area contributed by atoms with Gasteiger partial charge in [-0.25, -0.2) is 59.8 Å². The third-order valence-electron chi connectivity index (χ3n) is 14.9. The number of nitrogens with one attached hydrogen (secondary N) is 4. The van der Waals surface area contributed by atoms with Crippen LogP contribution in [0.2, 0.25) is 0 Å². The second-order valence-corrected chi connectivity index (χ2v) is 19.6. The van der Waals surface area contributed by atoms with E-state index in [0.717, 1.165) is 87.6 Å². The molecule has 0 amide bonds. The smallest absolute Gasteiger partial charge is 0.164 e. The van der Waals surface area contributed by atoms with E-state index in [1.165, 1.54) is 0 Å². The summed E-state index contributed by atoms with van der Waals surface area (Å²) in [6.07, 6.45) is 0. The van der Waals surface area contributed by atoms with E-state index in [1.54, 1.807) is 0 Å². The van der Waals surface area contributed by atoms with E-state index in [0.29, 0.717) is 91.8 Å². The van der Waals surface area contributed by atoms with Gasteiger partial charge < -0.3 is 19.9 Å². The van der Waals surface area contributed by atoms with Gasteiger partial charge in [0.2, 0.25) is 0 Å². The fraction of sp³-hybridized carbons (Fsp3) is 0. The average molecular weight is 1200 g/mol. The van der Waals surface area contributed by atoms with Gasteiger partial charge in [0.05, 0.1) is 0 Å². The third-order valence-corrected chi connectivity index (χ3v) is 14.9. The van der Waals surface area contributed by atoms with Crippen LogP contribution in [0.25, 0.3) is 179 Å². The minimum Gasteiger partial charge on any atom is -0.324 e. The first-order valence-corrected chi connectivity index (χ1v) is 26.0. The molecule has 385 valence electrons. The quantitative estimate of drug-likeness (QED) is 0.111. The van der Waals surface area contributed by atoms with Crippen molar-refractivity contribution in [2.75, 3.05) is 0 Å². The van der Waals surface area contributed by atoms with Crippen molar-refractivity contribution < 1.29 is 36.9 Å². The second-order valence-electron chi connectivity index (χ2n) is 19.6. The minimum atomic E-state index is 0. The SMILES string of the molecule is [Tm].c1ccc2c(c1)-c1nc-2nc2[nH]c(nc3nc(nc4[nH]c(n1)c1ccccc41)-c1ccccc1-3)c1ccccc21.c1ccc2c(c1)-c1nc-2nc2[nH]c(nc3nc(nc4[nH]c(n1)c1ccccc41)-c1ccccc1-3)c1ccccc21. The van der Waals surface area contributed by atoms with Gasteiger partial charge in [-0.2, -0.15) is 0 Å². The van der Waals surface area contributed by atoms with E-state index < -0.39 is 0 Å². The number of benzene rings is 8. The van der Waals surface area contributed by atoms with E-state index in [9.17, 15) is 0 Å². The topological polar surface area (TPSA) is 218 Å². The number of hydrogen-bond donors (Lipinski definition) is 4. The second kappa shape index (κ2) is 18.4. The molecule has 10 heterocycles. The Morgan fingerprint density at radius 1 is 0.160 bits per heavy atom. The third kappa shape index (κ3) is 7.55. The normalized spacial score (nSPS) is 11.9. The van der Waals surface area contributed by atoms with E-state index in [1.807, 2.05) is 194 Å². The van der Waals surface area contributed by atoms with Gasteiger partial charge in [-0.05, 0) is 0 Å². The maximum absolute atomic E-state index is 5.02. The van der Waals surface area contributed by atoms with Crippen LogP contribution in [0.15, 0.2) is 194 Å². The standard InChI is InChI=1S/2C32H18N8.Tm/c2*1-2-10-18-17(9-1)25-33-26(18)38-28-21-13-5-6-14-22(21)30(35-28)40-32-24-16-8-7-15-23(24)31(36-32)39-29-20-12-4-3-11-19(20)27(34-29)37-25;/h2*1-16H,(H2,33,34,35,36,37,38,39,40);. The molecule has 16 nitrogen and oxygen atoms in total. The summed E-state index contributed by atoms with van der Waals surface area (Å²) in [6, 6.07) is 64.5. The summed E-state index contributed by atoms with van der Waals surface area (Å²) in [6.45, 7) is 0. The molecule has 0 spiro atoms. The van der Waals surface area contributed by atoms with Gasteiger partial charge in [-0.15, -0.1) is 0 Å². The Balaban J connectivity index is 0.000000132. The number of rotatable bonds is 0. The Bertz CT molecular complexity index is 4390. The molecule has 0 aliphatic carbocycles. The Labute approximate surface area is 486 Å². The number of hydrogen-bond acceptors (Lipinski definition) is 12. The van der Waals surface area contributed by atoms with Crippen LogP contribution in [-0.2, 0) is 0 Å². The van der Waals surface area contributed by atoms with Gasteiger partial charge in [0, 0.05) is 124 Å². The Hall–Kier alpha value is -10.3. The summed E-state index contributed by atoms with van der Waals surface area (Å²) < 4.78 is 0. The van der Waals surface area contributed by atoms with Crippen LogP contribution in [0, 0.1) is 36.9 Å². The predicted molar refractivity (Wildman–Crippen MR) is 312 cm³/mol.